The second-order valence-corrected chi connectivity index (χ2v) is 7.04. The van der Waals surface area contributed by atoms with Gasteiger partial charge in [-0.3, -0.25) is 14.5 Å². The number of rotatable bonds is 4. The van der Waals surface area contributed by atoms with Crippen LogP contribution in [-0.4, -0.2) is 38.2 Å². The van der Waals surface area contributed by atoms with Crippen molar-refractivity contribution in [1.82, 2.24) is 19.7 Å². The zero-order chi connectivity index (χ0) is 18.1. The Labute approximate surface area is 153 Å². The molecular formula is C21H24N4O. The first-order valence-electron chi connectivity index (χ1n) is 9.34. The number of amides is 1. The van der Waals surface area contributed by atoms with Crippen molar-refractivity contribution in [1.29, 1.82) is 0 Å². The van der Waals surface area contributed by atoms with Gasteiger partial charge in [0.1, 0.15) is 0 Å². The molecule has 3 aromatic rings. The lowest BCUT2D eigenvalue weighted by molar-refractivity contribution is 0.0723. The van der Waals surface area contributed by atoms with Crippen molar-refractivity contribution < 1.29 is 4.79 Å². The van der Waals surface area contributed by atoms with E-state index in [-0.39, 0.29) is 11.9 Å². The molecule has 0 radical (unpaired) electrons. The van der Waals surface area contributed by atoms with E-state index in [9.17, 15) is 4.79 Å². The number of aromatic nitrogens is 3. The molecule has 5 heteroatoms. The predicted molar refractivity (Wildman–Crippen MR) is 102 cm³/mol. The Bertz CT molecular complexity index is 933. The Hall–Kier alpha value is -2.69. The number of nitrogens with zero attached hydrogens (tertiary/aromatic N) is 4. The highest BCUT2D eigenvalue weighted by Gasteiger charge is 2.30. The van der Waals surface area contributed by atoms with Gasteiger partial charge in [0.15, 0.2) is 0 Å². The maximum atomic E-state index is 13.4. The Morgan fingerprint density at radius 1 is 1.31 bits per heavy atom. The minimum atomic E-state index is 0.114. The third-order valence-electron chi connectivity index (χ3n) is 5.23. The molecule has 4 rings (SSSR count). The SMILES string of the molecule is CCc1ccc2nc(C)cc(C(=O)N3CCCC3Cn3cccn3)c2c1. The molecule has 1 fully saturated rings. The van der Waals surface area contributed by atoms with Gasteiger partial charge >= 0.3 is 0 Å². The van der Waals surface area contributed by atoms with Crippen LogP contribution in [0, 0.1) is 6.92 Å². The highest BCUT2D eigenvalue weighted by atomic mass is 16.2. The third-order valence-corrected chi connectivity index (χ3v) is 5.23. The summed E-state index contributed by atoms with van der Waals surface area (Å²) in [4.78, 5) is 20.1. The molecular weight excluding hydrogens is 324 g/mol. The smallest absolute Gasteiger partial charge is 0.254 e. The summed E-state index contributed by atoms with van der Waals surface area (Å²) in [5, 5.41) is 5.26. The summed E-state index contributed by atoms with van der Waals surface area (Å²) in [7, 11) is 0. The highest BCUT2D eigenvalue weighted by molar-refractivity contribution is 6.06. The minimum Gasteiger partial charge on any atom is -0.334 e. The van der Waals surface area contributed by atoms with Gasteiger partial charge in [-0.2, -0.15) is 5.10 Å². The first-order valence-corrected chi connectivity index (χ1v) is 9.34. The maximum absolute atomic E-state index is 13.4. The van der Waals surface area contributed by atoms with Crippen LogP contribution < -0.4 is 0 Å². The van der Waals surface area contributed by atoms with Crippen molar-refractivity contribution in [2.24, 2.45) is 0 Å². The Balaban J connectivity index is 1.70. The van der Waals surface area contributed by atoms with Crippen molar-refractivity contribution in [3.05, 3.63) is 59.5 Å². The molecule has 2 aromatic heterocycles. The number of pyridine rings is 1. The Morgan fingerprint density at radius 2 is 2.19 bits per heavy atom. The molecule has 26 heavy (non-hydrogen) atoms. The second kappa shape index (κ2) is 6.90. The van der Waals surface area contributed by atoms with E-state index in [0.29, 0.717) is 0 Å². The molecule has 3 heterocycles. The number of hydrogen-bond donors (Lipinski definition) is 0. The third kappa shape index (κ3) is 3.09. The number of benzene rings is 1. The molecule has 134 valence electrons. The number of fused-ring (bicyclic) bond motifs is 1. The normalized spacial score (nSPS) is 17.2. The fourth-order valence-corrected chi connectivity index (χ4v) is 3.87. The van der Waals surface area contributed by atoms with E-state index >= 15 is 0 Å². The summed E-state index contributed by atoms with van der Waals surface area (Å²) >= 11 is 0. The van der Waals surface area contributed by atoms with Crippen LogP contribution in [0.25, 0.3) is 10.9 Å². The van der Waals surface area contributed by atoms with Gasteiger partial charge in [-0.1, -0.05) is 13.0 Å². The maximum Gasteiger partial charge on any atom is 0.254 e. The van der Waals surface area contributed by atoms with Gasteiger partial charge < -0.3 is 4.90 Å². The van der Waals surface area contributed by atoms with E-state index in [2.05, 4.69) is 29.1 Å². The first kappa shape index (κ1) is 16.8. The van der Waals surface area contributed by atoms with Gasteiger partial charge in [-0.15, -0.1) is 0 Å². The van der Waals surface area contributed by atoms with Crippen LogP contribution in [0.5, 0.6) is 0 Å². The molecule has 1 atom stereocenters. The molecule has 5 nitrogen and oxygen atoms in total. The highest BCUT2D eigenvalue weighted by Crippen LogP contribution is 2.26. The molecule has 0 saturated carbocycles. The van der Waals surface area contributed by atoms with Crippen molar-refractivity contribution in [2.75, 3.05) is 6.54 Å². The van der Waals surface area contributed by atoms with E-state index in [1.807, 2.05) is 40.9 Å². The number of carbonyl (C=O) groups excluding carboxylic acids is 1. The van der Waals surface area contributed by atoms with Gasteiger partial charge in [-0.25, -0.2) is 0 Å². The standard InChI is InChI=1S/C21H24N4O/c1-3-16-7-8-20-18(13-16)19(12-15(2)23-20)21(26)25-11-4-6-17(25)14-24-10-5-9-22-24/h5,7-10,12-13,17H,3-4,6,11,14H2,1-2H3. The summed E-state index contributed by atoms with van der Waals surface area (Å²) in [6, 6.07) is 10.3. The van der Waals surface area contributed by atoms with Crippen LogP contribution in [0.4, 0.5) is 0 Å². The molecule has 1 unspecified atom stereocenters. The van der Waals surface area contributed by atoms with Crippen molar-refractivity contribution in [2.45, 2.75) is 45.7 Å². The second-order valence-electron chi connectivity index (χ2n) is 7.04. The number of aryl methyl sites for hydroxylation is 2. The minimum absolute atomic E-state index is 0.114. The fourth-order valence-electron chi connectivity index (χ4n) is 3.87. The summed E-state index contributed by atoms with van der Waals surface area (Å²) in [6.07, 6.45) is 6.75. The Morgan fingerprint density at radius 3 is 2.96 bits per heavy atom. The molecule has 1 aromatic carbocycles. The van der Waals surface area contributed by atoms with E-state index in [1.165, 1.54) is 5.56 Å². The van der Waals surface area contributed by atoms with Crippen LogP contribution in [0.15, 0.2) is 42.7 Å². The molecule has 0 N–H and O–H groups in total. The van der Waals surface area contributed by atoms with Crippen LogP contribution in [-0.2, 0) is 13.0 Å². The Kier molecular flexibility index (Phi) is 4.45. The predicted octanol–water partition coefficient (Wildman–Crippen LogP) is 3.61. The summed E-state index contributed by atoms with van der Waals surface area (Å²) in [5.41, 5.74) is 3.78. The number of carbonyl (C=O) groups is 1. The van der Waals surface area contributed by atoms with Gasteiger partial charge in [-0.05, 0) is 56.0 Å². The lowest BCUT2D eigenvalue weighted by atomic mass is 10.0. The van der Waals surface area contributed by atoms with Gasteiger partial charge in [0.05, 0.1) is 23.7 Å². The van der Waals surface area contributed by atoms with Gasteiger partial charge in [0.2, 0.25) is 0 Å². The lowest BCUT2D eigenvalue weighted by Crippen LogP contribution is -2.38. The van der Waals surface area contributed by atoms with Crippen LogP contribution >= 0.6 is 0 Å². The molecule has 0 bridgehead atoms. The van der Waals surface area contributed by atoms with Crippen LogP contribution in [0.3, 0.4) is 0 Å². The van der Waals surface area contributed by atoms with Gasteiger partial charge in [0.25, 0.3) is 5.91 Å². The average molecular weight is 348 g/mol. The average Bonchev–Trinajstić information content (AvgIpc) is 3.32. The molecule has 1 aliphatic rings. The zero-order valence-corrected chi connectivity index (χ0v) is 15.4. The monoisotopic (exact) mass is 348 g/mol. The topological polar surface area (TPSA) is 51.0 Å². The van der Waals surface area contributed by atoms with E-state index < -0.39 is 0 Å². The van der Waals surface area contributed by atoms with E-state index in [0.717, 1.165) is 54.5 Å². The quantitative estimate of drug-likeness (QED) is 0.724. The summed E-state index contributed by atoms with van der Waals surface area (Å²) in [5.74, 6) is 0.114. The molecule has 0 aliphatic carbocycles. The van der Waals surface area contributed by atoms with Crippen molar-refractivity contribution in [3.63, 3.8) is 0 Å². The van der Waals surface area contributed by atoms with E-state index in [4.69, 9.17) is 0 Å². The van der Waals surface area contributed by atoms with Crippen molar-refractivity contribution >= 4 is 16.8 Å². The molecule has 0 spiro atoms. The molecule has 1 amide bonds. The number of likely N-dealkylation sites (tertiary alicyclic amines) is 1. The van der Waals surface area contributed by atoms with Crippen LogP contribution in [0.2, 0.25) is 0 Å². The summed E-state index contributed by atoms with van der Waals surface area (Å²) < 4.78 is 1.92. The molecule has 1 aliphatic heterocycles. The van der Waals surface area contributed by atoms with E-state index in [1.54, 1.807) is 6.20 Å². The fraction of sp³-hybridized carbons (Fsp3) is 0.381. The molecule has 1 saturated heterocycles. The lowest BCUT2D eigenvalue weighted by Gasteiger charge is -2.25. The zero-order valence-electron chi connectivity index (χ0n) is 15.4. The first-order chi connectivity index (χ1) is 12.7. The van der Waals surface area contributed by atoms with Gasteiger partial charge in [0, 0.05) is 30.0 Å². The largest absolute Gasteiger partial charge is 0.334 e. The van der Waals surface area contributed by atoms with Crippen molar-refractivity contribution in [3.8, 4) is 0 Å². The summed E-state index contributed by atoms with van der Waals surface area (Å²) in [6.45, 7) is 5.64. The number of hydrogen-bond acceptors (Lipinski definition) is 3. The van der Waals surface area contributed by atoms with Crippen LogP contribution in [0.1, 0.15) is 41.4 Å².